The maximum Gasteiger partial charge on any atom is 0.270 e. The Morgan fingerprint density at radius 1 is 1.42 bits per heavy atom. The number of methoxy groups -OCH3 is 1. The summed E-state index contributed by atoms with van der Waals surface area (Å²) in [6, 6.07) is 7.30. The Hall–Kier alpha value is -2.83. The first-order chi connectivity index (χ1) is 12.5. The number of hydrogen-bond donors (Lipinski definition) is 2. The predicted molar refractivity (Wildman–Crippen MR) is 98.4 cm³/mol. The summed E-state index contributed by atoms with van der Waals surface area (Å²) in [4.78, 5) is 20.9. The highest BCUT2D eigenvalue weighted by molar-refractivity contribution is 5.92. The summed E-state index contributed by atoms with van der Waals surface area (Å²) in [5.74, 6) is 1.70. The lowest BCUT2D eigenvalue weighted by molar-refractivity contribution is 0.0909. The number of rotatable bonds is 5. The number of nitrogens with zero attached hydrogens (tertiary/aromatic N) is 2. The number of para-hydroxylation sites is 1. The van der Waals surface area contributed by atoms with Crippen molar-refractivity contribution in [2.75, 3.05) is 19.5 Å². The number of ether oxygens (including phenoxy) is 2. The summed E-state index contributed by atoms with van der Waals surface area (Å²) in [7, 11) is 1.61. The molecule has 7 nitrogen and oxygen atoms in total. The van der Waals surface area contributed by atoms with Gasteiger partial charge in [-0.25, -0.2) is 9.97 Å². The third kappa shape index (κ3) is 4.04. The zero-order valence-corrected chi connectivity index (χ0v) is 15.3. The molecule has 2 heterocycles. The Labute approximate surface area is 152 Å². The van der Waals surface area contributed by atoms with Gasteiger partial charge in [0.2, 0.25) is 5.95 Å². The summed E-state index contributed by atoms with van der Waals surface area (Å²) in [5.41, 5.74) is 7.82. The van der Waals surface area contributed by atoms with E-state index in [-0.39, 0.29) is 23.6 Å². The van der Waals surface area contributed by atoms with Crippen molar-refractivity contribution in [3.8, 4) is 11.5 Å². The normalized spacial score (nSPS) is 15.9. The van der Waals surface area contributed by atoms with E-state index in [1.165, 1.54) is 0 Å². The molecule has 26 heavy (non-hydrogen) atoms. The number of carbonyl (C=O) groups is 1. The lowest BCUT2D eigenvalue weighted by Gasteiger charge is -2.27. The molecule has 0 bridgehead atoms. The van der Waals surface area contributed by atoms with Crippen LogP contribution in [0.5, 0.6) is 11.5 Å². The zero-order chi connectivity index (χ0) is 18.7. The first-order valence-corrected chi connectivity index (χ1v) is 8.69. The zero-order valence-electron chi connectivity index (χ0n) is 15.3. The van der Waals surface area contributed by atoms with Crippen LogP contribution in [0.25, 0.3) is 0 Å². The maximum absolute atomic E-state index is 12.6. The van der Waals surface area contributed by atoms with Crippen LogP contribution >= 0.6 is 0 Å². The number of anilines is 1. The third-order valence-electron chi connectivity index (χ3n) is 4.16. The smallest absolute Gasteiger partial charge is 0.270 e. The van der Waals surface area contributed by atoms with Crippen LogP contribution in [-0.4, -0.2) is 35.6 Å². The van der Waals surface area contributed by atoms with Crippen molar-refractivity contribution in [3.63, 3.8) is 0 Å². The topological polar surface area (TPSA) is 99.4 Å². The number of benzene rings is 1. The third-order valence-corrected chi connectivity index (χ3v) is 4.16. The molecule has 138 valence electrons. The second-order valence-corrected chi connectivity index (χ2v) is 6.83. The molecule has 1 aromatic heterocycles. The monoisotopic (exact) mass is 356 g/mol. The van der Waals surface area contributed by atoms with Crippen molar-refractivity contribution in [2.45, 2.75) is 32.7 Å². The van der Waals surface area contributed by atoms with Gasteiger partial charge in [-0.05, 0) is 30.9 Å². The van der Waals surface area contributed by atoms with Gasteiger partial charge in [0, 0.05) is 11.3 Å². The number of carbonyl (C=O) groups excluding carboxylic acids is 1. The Morgan fingerprint density at radius 3 is 2.96 bits per heavy atom. The van der Waals surface area contributed by atoms with Crippen LogP contribution in [-0.2, 0) is 12.8 Å². The average molecular weight is 356 g/mol. The number of fused-ring (bicyclic) bond motifs is 1. The fourth-order valence-electron chi connectivity index (χ4n) is 3.06. The quantitative estimate of drug-likeness (QED) is 0.850. The maximum atomic E-state index is 12.6. The van der Waals surface area contributed by atoms with Crippen LogP contribution in [0.1, 0.15) is 35.6 Å². The Balaban J connectivity index is 1.72. The van der Waals surface area contributed by atoms with Crippen molar-refractivity contribution in [3.05, 3.63) is 41.2 Å². The molecule has 3 N–H and O–H groups in total. The number of nitrogen functional groups attached to an aromatic ring is 1. The van der Waals surface area contributed by atoms with Gasteiger partial charge in [0.1, 0.15) is 12.3 Å². The van der Waals surface area contributed by atoms with Gasteiger partial charge in [-0.2, -0.15) is 0 Å². The minimum Gasteiger partial charge on any atom is -0.493 e. The van der Waals surface area contributed by atoms with E-state index in [9.17, 15) is 4.79 Å². The molecule has 1 aliphatic heterocycles. The highest BCUT2D eigenvalue weighted by Crippen LogP contribution is 2.34. The summed E-state index contributed by atoms with van der Waals surface area (Å²) in [5, 5.41) is 2.97. The largest absolute Gasteiger partial charge is 0.493 e. The molecule has 1 atom stereocenters. The summed E-state index contributed by atoms with van der Waals surface area (Å²) in [6.45, 7) is 4.55. The van der Waals surface area contributed by atoms with Gasteiger partial charge >= 0.3 is 0 Å². The van der Waals surface area contributed by atoms with Crippen molar-refractivity contribution in [1.82, 2.24) is 15.3 Å². The van der Waals surface area contributed by atoms with Crippen LogP contribution in [0, 0.1) is 5.92 Å². The number of amides is 1. The lowest BCUT2D eigenvalue weighted by atomic mass is 10.0. The fourth-order valence-corrected chi connectivity index (χ4v) is 3.06. The molecule has 2 aromatic rings. The van der Waals surface area contributed by atoms with Crippen LogP contribution < -0.4 is 20.5 Å². The molecule has 1 aromatic carbocycles. The molecule has 3 rings (SSSR count). The summed E-state index contributed by atoms with van der Waals surface area (Å²) < 4.78 is 11.1. The molecular weight excluding hydrogens is 332 g/mol. The van der Waals surface area contributed by atoms with E-state index in [2.05, 4.69) is 29.1 Å². The minimum atomic E-state index is -0.274. The molecule has 0 aliphatic carbocycles. The van der Waals surface area contributed by atoms with E-state index < -0.39 is 0 Å². The molecule has 0 spiro atoms. The number of aromatic nitrogens is 2. The SMILES string of the molecule is COc1cccc2c1OC[C@H](NC(=O)c1cc(CC(C)C)nc(N)n1)C2. The lowest BCUT2D eigenvalue weighted by Crippen LogP contribution is -2.43. The van der Waals surface area contributed by atoms with Gasteiger partial charge in [-0.1, -0.05) is 26.0 Å². The van der Waals surface area contributed by atoms with Gasteiger partial charge in [0.15, 0.2) is 11.5 Å². The predicted octanol–water partition coefficient (Wildman–Crippen LogP) is 2.00. The molecule has 0 saturated carbocycles. The van der Waals surface area contributed by atoms with Gasteiger partial charge < -0.3 is 20.5 Å². The van der Waals surface area contributed by atoms with Crippen LogP contribution in [0.4, 0.5) is 5.95 Å². The Bertz CT molecular complexity index is 807. The van der Waals surface area contributed by atoms with Crippen LogP contribution in [0.3, 0.4) is 0 Å². The number of nitrogens with two attached hydrogens (primary N) is 1. The van der Waals surface area contributed by atoms with E-state index in [4.69, 9.17) is 15.2 Å². The summed E-state index contributed by atoms with van der Waals surface area (Å²) >= 11 is 0. The van der Waals surface area contributed by atoms with Crippen LogP contribution in [0.2, 0.25) is 0 Å². The van der Waals surface area contributed by atoms with E-state index in [0.29, 0.717) is 24.7 Å². The van der Waals surface area contributed by atoms with Crippen molar-refractivity contribution >= 4 is 11.9 Å². The first-order valence-electron chi connectivity index (χ1n) is 8.69. The minimum absolute atomic E-state index is 0.114. The van der Waals surface area contributed by atoms with Crippen LogP contribution in [0.15, 0.2) is 24.3 Å². The number of nitrogens with one attached hydrogen (secondary N) is 1. The Morgan fingerprint density at radius 2 is 2.23 bits per heavy atom. The van der Waals surface area contributed by atoms with Crippen molar-refractivity contribution in [2.24, 2.45) is 5.92 Å². The van der Waals surface area contributed by atoms with E-state index >= 15 is 0 Å². The fraction of sp³-hybridized carbons (Fsp3) is 0.421. The second kappa shape index (κ2) is 7.59. The molecule has 1 aliphatic rings. The van der Waals surface area contributed by atoms with Gasteiger partial charge in [-0.3, -0.25) is 4.79 Å². The second-order valence-electron chi connectivity index (χ2n) is 6.83. The summed E-state index contributed by atoms with van der Waals surface area (Å²) in [6.07, 6.45) is 1.41. The molecule has 0 fully saturated rings. The standard InChI is InChI=1S/C19H24N4O3/c1-11(2)7-13-9-15(23-19(20)22-13)18(24)21-14-8-12-5-4-6-16(25-3)17(12)26-10-14/h4-6,9,11,14H,7-8,10H2,1-3H3,(H,21,24)(H2,20,22,23)/t14-/m1/s1. The highest BCUT2D eigenvalue weighted by Gasteiger charge is 2.25. The van der Waals surface area contributed by atoms with Gasteiger partial charge in [0.25, 0.3) is 5.91 Å². The molecule has 0 saturated heterocycles. The molecular formula is C19H24N4O3. The molecule has 0 radical (unpaired) electrons. The number of hydrogen-bond acceptors (Lipinski definition) is 6. The average Bonchev–Trinajstić information content (AvgIpc) is 2.59. The van der Waals surface area contributed by atoms with Gasteiger partial charge in [0.05, 0.1) is 13.2 Å². The Kier molecular flexibility index (Phi) is 5.25. The van der Waals surface area contributed by atoms with E-state index in [1.54, 1.807) is 13.2 Å². The highest BCUT2D eigenvalue weighted by atomic mass is 16.5. The van der Waals surface area contributed by atoms with E-state index in [1.807, 2.05) is 18.2 Å². The first kappa shape index (κ1) is 18.0. The van der Waals surface area contributed by atoms with Crippen molar-refractivity contribution in [1.29, 1.82) is 0 Å². The molecule has 7 heteroatoms. The van der Waals surface area contributed by atoms with Crippen molar-refractivity contribution < 1.29 is 14.3 Å². The van der Waals surface area contributed by atoms with Gasteiger partial charge in [-0.15, -0.1) is 0 Å². The molecule has 1 amide bonds. The van der Waals surface area contributed by atoms with E-state index in [0.717, 1.165) is 23.4 Å². The molecule has 0 unspecified atom stereocenters.